The maximum atomic E-state index is 12.8. The summed E-state index contributed by atoms with van der Waals surface area (Å²) in [4.78, 5) is 30.4. The fraction of sp³-hybridized carbons (Fsp3) is 0.273. The molecule has 0 saturated heterocycles. The van der Waals surface area contributed by atoms with Crippen LogP contribution < -0.4 is 16.1 Å². The van der Waals surface area contributed by atoms with Crippen molar-refractivity contribution >= 4 is 12.0 Å². The molecule has 0 saturated carbocycles. The van der Waals surface area contributed by atoms with Crippen LogP contribution in [0.3, 0.4) is 0 Å². The number of methoxy groups -OCH3 is 1. The number of rotatable bonds is 9. The van der Waals surface area contributed by atoms with E-state index in [-0.39, 0.29) is 31.1 Å². The summed E-state index contributed by atoms with van der Waals surface area (Å²) in [7, 11) is 1.48. The van der Waals surface area contributed by atoms with Gasteiger partial charge in [-0.25, -0.2) is 10.3 Å². The van der Waals surface area contributed by atoms with Gasteiger partial charge in [-0.1, -0.05) is 36.4 Å². The number of ether oxygens (including phenoxy) is 2. The second-order valence-corrected chi connectivity index (χ2v) is 7.02. The van der Waals surface area contributed by atoms with E-state index in [0.29, 0.717) is 11.4 Å². The Kier molecular flexibility index (Phi) is 7.76. The number of carbonyl (C=O) groups excluding carboxylic acids is 2. The SMILES string of the molecule is COC1=CC(CNC(=O)[C@H](Cc2ccc(O)c(O)c2)NC(=O)OCc2ccccc2)ON1. The molecule has 0 fully saturated rings. The topological polar surface area (TPSA) is 138 Å². The number of aromatic hydroxyl groups is 2. The summed E-state index contributed by atoms with van der Waals surface area (Å²) in [6, 6.07) is 12.3. The molecule has 170 valence electrons. The smallest absolute Gasteiger partial charge is 0.408 e. The monoisotopic (exact) mass is 443 g/mol. The van der Waals surface area contributed by atoms with Gasteiger partial charge in [-0.05, 0) is 23.3 Å². The highest BCUT2D eigenvalue weighted by molar-refractivity contribution is 5.86. The van der Waals surface area contributed by atoms with E-state index in [2.05, 4.69) is 16.1 Å². The summed E-state index contributed by atoms with van der Waals surface area (Å²) in [5.41, 5.74) is 3.91. The van der Waals surface area contributed by atoms with Crippen LogP contribution in [0.1, 0.15) is 11.1 Å². The van der Waals surface area contributed by atoms with Gasteiger partial charge in [-0.15, -0.1) is 0 Å². The van der Waals surface area contributed by atoms with E-state index in [0.717, 1.165) is 5.56 Å². The average Bonchev–Trinajstić information content (AvgIpc) is 3.27. The Morgan fingerprint density at radius 3 is 2.59 bits per heavy atom. The highest BCUT2D eigenvalue weighted by Gasteiger charge is 2.24. The maximum absolute atomic E-state index is 12.8. The Morgan fingerprint density at radius 2 is 1.91 bits per heavy atom. The van der Waals surface area contributed by atoms with E-state index >= 15 is 0 Å². The van der Waals surface area contributed by atoms with Gasteiger partial charge in [0.2, 0.25) is 11.8 Å². The van der Waals surface area contributed by atoms with E-state index in [1.165, 1.54) is 19.2 Å². The van der Waals surface area contributed by atoms with Crippen LogP contribution in [0.25, 0.3) is 0 Å². The minimum atomic E-state index is -0.998. The third kappa shape index (κ3) is 6.54. The lowest BCUT2D eigenvalue weighted by atomic mass is 10.0. The van der Waals surface area contributed by atoms with Gasteiger partial charge in [0.25, 0.3) is 0 Å². The Balaban J connectivity index is 1.62. The molecule has 0 radical (unpaired) electrons. The van der Waals surface area contributed by atoms with Crippen molar-refractivity contribution in [3.63, 3.8) is 0 Å². The highest BCUT2D eigenvalue weighted by atomic mass is 16.7. The molecule has 2 aromatic carbocycles. The number of hydrogen-bond donors (Lipinski definition) is 5. The minimum Gasteiger partial charge on any atom is -0.504 e. The van der Waals surface area contributed by atoms with Crippen LogP contribution in [0, 0.1) is 0 Å². The number of hydrogen-bond acceptors (Lipinski definition) is 8. The first-order valence-electron chi connectivity index (χ1n) is 9.88. The molecule has 0 aliphatic carbocycles. The van der Waals surface area contributed by atoms with Crippen LogP contribution >= 0.6 is 0 Å². The van der Waals surface area contributed by atoms with Crippen LogP contribution in [-0.4, -0.2) is 48.0 Å². The normalized spacial score (nSPS) is 15.8. The molecule has 0 bridgehead atoms. The first kappa shape index (κ1) is 22.8. The lowest BCUT2D eigenvalue weighted by Gasteiger charge is -2.19. The number of nitrogens with one attached hydrogen (secondary N) is 3. The van der Waals surface area contributed by atoms with E-state index < -0.39 is 24.1 Å². The van der Waals surface area contributed by atoms with Gasteiger partial charge >= 0.3 is 6.09 Å². The van der Waals surface area contributed by atoms with E-state index in [9.17, 15) is 19.8 Å². The van der Waals surface area contributed by atoms with Crippen molar-refractivity contribution in [2.24, 2.45) is 0 Å². The third-order valence-corrected chi connectivity index (χ3v) is 4.65. The minimum absolute atomic E-state index is 0.0488. The first-order chi connectivity index (χ1) is 15.4. The molecule has 10 heteroatoms. The Hall–Kier alpha value is -3.92. The predicted molar refractivity (Wildman–Crippen MR) is 113 cm³/mol. The molecular formula is C22H25N3O7. The zero-order chi connectivity index (χ0) is 22.9. The molecule has 1 aliphatic rings. The number of alkyl carbamates (subject to hydrolysis) is 1. The average molecular weight is 443 g/mol. The summed E-state index contributed by atoms with van der Waals surface area (Å²) < 4.78 is 10.2. The largest absolute Gasteiger partial charge is 0.504 e. The molecule has 2 amide bonds. The van der Waals surface area contributed by atoms with Gasteiger partial charge in [-0.3, -0.25) is 9.63 Å². The lowest BCUT2D eigenvalue weighted by Crippen LogP contribution is -2.49. The molecule has 5 N–H and O–H groups in total. The second-order valence-electron chi connectivity index (χ2n) is 7.02. The zero-order valence-corrected chi connectivity index (χ0v) is 17.4. The van der Waals surface area contributed by atoms with Crippen molar-refractivity contribution in [2.75, 3.05) is 13.7 Å². The first-order valence-corrected chi connectivity index (χ1v) is 9.88. The van der Waals surface area contributed by atoms with E-state index in [1.807, 2.05) is 30.3 Å². The molecule has 10 nitrogen and oxygen atoms in total. The number of carbonyl (C=O) groups is 2. The Bertz CT molecular complexity index is 965. The third-order valence-electron chi connectivity index (χ3n) is 4.65. The lowest BCUT2D eigenvalue weighted by molar-refractivity contribution is -0.123. The maximum Gasteiger partial charge on any atom is 0.408 e. The Morgan fingerprint density at radius 1 is 1.12 bits per heavy atom. The van der Waals surface area contributed by atoms with Crippen molar-refractivity contribution in [3.8, 4) is 11.5 Å². The van der Waals surface area contributed by atoms with Gasteiger partial charge in [0.05, 0.1) is 13.7 Å². The van der Waals surface area contributed by atoms with Gasteiger partial charge < -0.3 is 30.3 Å². The van der Waals surface area contributed by atoms with Crippen LogP contribution in [-0.2, 0) is 32.1 Å². The van der Waals surface area contributed by atoms with Gasteiger partial charge in [0.15, 0.2) is 11.5 Å². The van der Waals surface area contributed by atoms with Crippen molar-refractivity contribution in [3.05, 3.63) is 71.6 Å². The summed E-state index contributed by atoms with van der Waals surface area (Å²) in [6.07, 6.45) is 0.507. The molecule has 1 heterocycles. The number of hydroxylamine groups is 1. The van der Waals surface area contributed by atoms with Crippen LogP contribution in [0.15, 0.2) is 60.5 Å². The van der Waals surface area contributed by atoms with E-state index in [4.69, 9.17) is 14.3 Å². The predicted octanol–water partition coefficient (Wildman–Crippen LogP) is 1.44. The molecular weight excluding hydrogens is 418 g/mol. The number of benzene rings is 2. The molecule has 0 spiro atoms. The number of amides is 2. The summed E-state index contributed by atoms with van der Waals surface area (Å²) in [5.74, 6) is -0.646. The quantitative estimate of drug-likeness (QED) is 0.367. The number of phenolic OH excluding ortho intramolecular Hbond substituents is 2. The zero-order valence-electron chi connectivity index (χ0n) is 17.4. The molecule has 2 aromatic rings. The molecule has 32 heavy (non-hydrogen) atoms. The summed E-state index contributed by atoms with van der Waals surface area (Å²) >= 11 is 0. The highest BCUT2D eigenvalue weighted by Crippen LogP contribution is 2.25. The second kappa shape index (κ2) is 10.9. The standard InChI is InChI=1S/C22H25N3O7/c1-30-20-11-16(32-25-20)12-23-21(28)17(9-15-7-8-18(26)19(27)10-15)24-22(29)31-13-14-5-3-2-4-6-14/h2-8,10-11,16-17,25-27H,9,12-13H2,1H3,(H,23,28)(H,24,29)/t16?,17-/m0/s1. The molecule has 1 unspecified atom stereocenters. The van der Waals surface area contributed by atoms with Crippen molar-refractivity contribution in [1.82, 2.24) is 16.1 Å². The summed E-state index contributed by atoms with van der Waals surface area (Å²) in [6.45, 7) is 0.184. The van der Waals surface area contributed by atoms with Crippen LogP contribution in [0.2, 0.25) is 0 Å². The van der Waals surface area contributed by atoms with E-state index in [1.54, 1.807) is 12.1 Å². The van der Waals surface area contributed by atoms with Gasteiger partial charge in [0.1, 0.15) is 18.8 Å². The van der Waals surface area contributed by atoms with Gasteiger partial charge in [0, 0.05) is 12.5 Å². The van der Waals surface area contributed by atoms with Crippen LogP contribution in [0.4, 0.5) is 4.79 Å². The Labute approximate surface area is 184 Å². The van der Waals surface area contributed by atoms with Crippen molar-refractivity contribution in [1.29, 1.82) is 0 Å². The van der Waals surface area contributed by atoms with Gasteiger partial charge in [-0.2, -0.15) is 0 Å². The molecule has 1 aliphatic heterocycles. The molecule has 3 rings (SSSR count). The fourth-order valence-electron chi connectivity index (χ4n) is 2.95. The summed E-state index contributed by atoms with van der Waals surface area (Å²) in [5, 5.41) is 24.5. The van der Waals surface area contributed by atoms with Crippen molar-refractivity contribution in [2.45, 2.75) is 25.2 Å². The molecule has 0 aromatic heterocycles. The fourth-order valence-corrected chi connectivity index (χ4v) is 2.95. The molecule has 2 atom stereocenters. The number of phenols is 2. The van der Waals surface area contributed by atoms with Crippen LogP contribution in [0.5, 0.6) is 11.5 Å². The van der Waals surface area contributed by atoms with Crippen molar-refractivity contribution < 1.29 is 34.1 Å².